The lowest BCUT2D eigenvalue weighted by Crippen LogP contribution is -2.55. The van der Waals surface area contributed by atoms with Crippen LogP contribution in [-0.4, -0.2) is 21.3 Å². The van der Waals surface area contributed by atoms with E-state index in [0.717, 1.165) is 36.5 Å². The third-order valence-corrected chi connectivity index (χ3v) is 6.76. The highest BCUT2D eigenvalue weighted by Crippen LogP contribution is 2.58. The fourth-order valence-corrected chi connectivity index (χ4v) is 5.60. The van der Waals surface area contributed by atoms with Gasteiger partial charge in [0.2, 0.25) is 0 Å². The number of hydrogen-bond donors (Lipinski definition) is 1. The lowest BCUT2D eigenvalue weighted by molar-refractivity contribution is -0.137. The van der Waals surface area contributed by atoms with E-state index in [0.29, 0.717) is 22.2 Å². The van der Waals surface area contributed by atoms with Crippen LogP contribution in [0.15, 0.2) is 48.9 Å². The number of amides is 1. The first-order chi connectivity index (χ1) is 14.7. The number of hydrogen-bond acceptors (Lipinski definition) is 2. The molecule has 0 saturated heterocycles. The van der Waals surface area contributed by atoms with Gasteiger partial charge in [-0.3, -0.25) is 4.79 Å². The fraction of sp³-hybridized carbons (Fsp3) is 0.417. The molecular weight excluding hydrogens is 403 g/mol. The van der Waals surface area contributed by atoms with Gasteiger partial charge in [0, 0.05) is 12.2 Å². The molecule has 2 aliphatic rings. The zero-order valence-electron chi connectivity index (χ0n) is 17.2. The van der Waals surface area contributed by atoms with Crippen LogP contribution in [0, 0.1) is 11.3 Å². The summed E-state index contributed by atoms with van der Waals surface area (Å²) in [6.45, 7) is 2.26. The average molecular weight is 427 g/mol. The number of pyridine rings is 1. The van der Waals surface area contributed by atoms with E-state index in [1.807, 2.05) is 12.1 Å². The molecule has 2 heterocycles. The van der Waals surface area contributed by atoms with Crippen LogP contribution in [0.1, 0.15) is 59.8 Å². The lowest BCUT2D eigenvalue weighted by atomic mass is 9.50. The number of aromatic nitrogens is 2. The molecule has 3 aromatic rings. The van der Waals surface area contributed by atoms with E-state index in [9.17, 15) is 18.0 Å². The van der Waals surface area contributed by atoms with Crippen molar-refractivity contribution in [2.75, 3.05) is 0 Å². The summed E-state index contributed by atoms with van der Waals surface area (Å²) in [6.07, 6.45) is 3.80. The van der Waals surface area contributed by atoms with E-state index >= 15 is 0 Å². The van der Waals surface area contributed by atoms with Crippen molar-refractivity contribution in [3.05, 3.63) is 71.3 Å². The topological polar surface area (TPSA) is 46.4 Å². The third kappa shape index (κ3) is 3.70. The van der Waals surface area contributed by atoms with E-state index in [1.165, 1.54) is 18.9 Å². The molecule has 162 valence electrons. The van der Waals surface area contributed by atoms with E-state index in [-0.39, 0.29) is 18.4 Å². The number of carbonyl (C=O) groups excluding carboxylic acids is 1. The summed E-state index contributed by atoms with van der Waals surface area (Å²) >= 11 is 0. The van der Waals surface area contributed by atoms with Gasteiger partial charge in [-0.15, -0.1) is 0 Å². The first-order valence-electron chi connectivity index (χ1n) is 10.6. The number of rotatable bonds is 4. The number of alkyl halides is 3. The smallest absolute Gasteiger partial charge is 0.348 e. The van der Waals surface area contributed by atoms with Gasteiger partial charge in [-0.2, -0.15) is 13.2 Å². The second kappa shape index (κ2) is 7.11. The van der Waals surface area contributed by atoms with Gasteiger partial charge in [0.15, 0.2) is 5.69 Å². The summed E-state index contributed by atoms with van der Waals surface area (Å²) in [5.74, 6) is 0.568. The minimum absolute atomic E-state index is 0.173. The highest BCUT2D eigenvalue weighted by Gasteiger charge is 2.51. The van der Waals surface area contributed by atoms with E-state index in [1.54, 1.807) is 23.0 Å². The van der Waals surface area contributed by atoms with Crippen molar-refractivity contribution < 1.29 is 18.0 Å². The molecule has 0 unspecified atom stereocenters. The summed E-state index contributed by atoms with van der Waals surface area (Å²) in [5, 5.41) is 3.11. The summed E-state index contributed by atoms with van der Waals surface area (Å²) in [7, 11) is 0. The molecule has 0 radical (unpaired) electrons. The first-order valence-corrected chi connectivity index (χ1v) is 10.6. The largest absolute Gasteiger partial charge is 0.416 e. The molecular formula is C24H24F3N3O. The zero-order valence-corrected chi connectivity index (χ0v) is 17.2. The van der Waals surface area contributed by atoms with Gasteiger partial charge in [0.1, 0.15) is 6.33 Å². The van der Waals surface area contributed by atoms with Crippen molar-refractivity contribution in [3.63, 3.8) is 0 Å². The van der Waals surface area contributed by atoms with Crippen molar-refractivity contribution in [1.29, 1.82) is 0 Å². The molecule has 0 atom stereocenters. The van der Waals surface area contributed by atoms with Crippen molar-refractivity contribution in [2.24, 2.45) is 11.3 Å². The molecule has 2 saturated carbocycles. The van der Waals surface area contributed by atoms with E-state index in [2.05, 4.69) is 17.2 Å². The Hall–Kier alpha value is -2.83. The van der Waals surface area contributed by atoms with Crippen molar-refractivity contribution >= 4 is 11.4 Å². The molecule has 4 nitrogen and oxygen atoms in total. The van der Waals surface area contributed by atoms with Crippen LogP contribution in [-0.2, 0) is 12.6 Å². The van der Waals surface area contributed by atoms with Crippen LogP contribution in [0.4, 0.5) is 13.2 Å². The lowest BCUT2D eigenvalue weighted by Gasteiger charge is -2.57. The van der Waals surface area contributed by atoms with Gasteiger partial charge in [-0.25, -0.2) is 4.98 Å². The molecule has 1 amide bonds. The maximum atomic E-state index is 13.1. The Bertz CT molecular complexity index is 1140. The molecule has 1 N–H and O–H groups in total. The number of fused-ring (bicyclic) bond motifs is 1. The molecule has 0 bridgehead atoms. The van der Waals surface area contributed by atoms with Crippen LogP contribution in [0.25, 0.3) is 5.52 Å². The Morgan fingerprint density at radius 2 is 1.97 bits per heavy atom. The Balaban J connectivity index is 1.37. The van der Waals surface area contributed by atoms with Gasteiger partial charge in [-0.05, 0) is 66.7 Å². The maximum Gasteiger partial charge on any atom is 0.416 e. The fourth-order valence-electron chi connectivity index (χ4n) is 5.60. The van der Waals surface area contributed by atoms with E-state index in [4.69, 9.17) is 0 Å². The van der Waals surface area contributed by atoms with Gasteiger partial charge in [-0.1, -0.05) is 31.2 Å². The number of imidazole rings is 1. The Morgan fingerprint density at radius 3 is 2.68 bits per heavy atom. The second-order valence-corrected chi connectivity index (χ2v) is 9.35. The summed E-state index contributed by atoms with van der Waals surface area (Å²) in [5.41, 5.74) is 2.03. The maximum absolute atomic E-state index is 13.1. The normalized spacial score (nSPS) is 25.3. The number of benzene rings is 1. The molecule has 2 fully saturated rings. The molecule has 0 aliphatic heterocycles. The molecule has 31 heavy (non-hydrogen) atoms. The Labute approximate surface area is 178 Å². The van der Waals surface area contributed by atoms with Crippen LogP contribution >= 0.6 is 0 Å². The standard InChI is InChI=1S/C24H24F3N3O/c1-15-10-23(11-15)12-19(13-23)29-22(31)20-21-17(5-3-7-30(21)14-28-20)8-16-4-2-6-18(9-16)24(25,26)27/h2-7,9,14-15,19H,8,10-13H2,1H3,(H,29,31). The minimum atomic E-state index is -4.39. The van der Waals surface area contributed by atoms with Gasteiger partial charge < -0.3 is 9.72 Å². The van der Waals surface area contributed by atoms with Crippen LogP contribution in [0.2, 0.25) is 0 Å². The highest BCUT2D eigenvalue weighted by molar-refractivity contribution is 6.00. The monoisotopic (exact) mass is 427 g/mol. The molecule has 7 heteroatoms. The Kier molecular flexibility index (Phi) is 4.61. The predicted molar refractivity (Wildman–Crippen MR) is 111 cm³/mol. The highest BCUT2D eigenvalue weighted by atomic mass is 19.4. The Morgan fingerprint density at radius 1 is 1.19 bits per heavy atom. The predicted octanol–water partition coefficient (Wildman–Crippen LogP) is 5.25. The quantitative estimate of drug-likeness (QED) is 0.618. The zero-order chi connectivity index (χ0) is 21.8. The van der Waals surface area contributed by atoms with Crippen molar-refractivity contribution in [3.8, 4) is 0 Å². The molecule has 2 aliphatic carbocycles. The van der Waals surface area contributed by atoms with Crippen molar-refractivity contribution in [1.82, 2.24) is 14.7 Å². The van der Waals surface area contributed by atoms with Crippen LogP contribution < -0.4 is 5.32 Å². The van der Waals surface area contributed by atoms with Crippen LogP contribution in [0.3, 0.4) is 0 Å². The van der Waals surface area contributed by atoms with Crippen LogP contribution in [0.5, 0.6) is 0 Å². The summed E-state index contributed by atoms with van der Waals surface area (Å²) in [6, 6.07) is 9.13. The van der Waals surface area contributed by atoms with Gasteiger partial charge in [0.25, 0.3) is 5.91 Å². The number of nitrogens with one attached hydrogen (secondary N) is 1. The molecule has 1 spiro atoms. The second-order valence-electron chi connectivity index (χ2n) is 9.35. The molecule has 5 rings (SSSR count). The first kappa shape index (κ1) is 20.1. The summed E-state index contributed by atoms with van der Waals surface area (Å²) in [4.78, 5) is 17.3. The molecule has 1 aromatic carbocycles. The van der Waals surface area contributed by atoms with E-state index < -0.39 is 11.7 Å². The minimum Gasteiger partial charge on any atom is -0.348 e. The van der Waals surface area contributed by atoms with Gasteiger partial charge >= 0.3 is 6.18 Å². The summed E-state index contributed by atoms with van der Waals surface area (Å²) < 4.78 is 41.0. The number of carbonyl (C=O) groups is 1. The van der Waals surface area contributed by atoms with Crippen molar-refractivity contribution in [2.45, 2.75) is 51.2 Å². The number of halogens is 3. The molecule has 2 aromatic heterocycles. The number of nitrogens with zero attached hydrogens (tertiary/aromatic N) is 2. The third-order valence-electron chi connectivity index (χ3n) is 6.76. The SMILES string of the molecule is CC1CC2(C1)CC(NC(=O)c1ncn3cccc(Cc4cccc(C(F)(F)F)c4)c13)C2. The van der Waals surface area contributed by atoms with Gasteiger partial charge in [0.05, 0.1) is 11.1 Å². The average Bonchev–Trinajstić information content (AvgIpc) is 3.10.